The molecule has 0 aliphatic heterocycles. The maximum absolute atomic E-state index is 12.1. The van der Waals surface area contributed by atoms with Crippen molar-refractivity contribution in [2.75, 3.05) is 6.61 Å². The lowest BCUT2D eigenvalue weighted by Gasteiger charge is -2.05. The molecule has 0 unspecified atom stereocenters. The predicted octanol–water partition coefficient (Wildman–Crippen LogP) is 4.13. The molecule has 0 spiro atoms. The molecule has 0 atom stereocenters. The van der Waals surface area contributed by atoms with Crippen LogP contribution in [0.4, 0.5) is 0 Å². The van der Waals surface area contributed by atoms with Crippen LogP contribution in [0.5, 0.6) is 0 Å². The second-order valence-electron chi connectivity index (χ2n) is 5.33. The fraction of sp³-hybridized carbons (Fsp3) is 0.235. The summed E-state index contributed by atoms with van der Waals surface area (Å²) in [6.45, 7) is 4.68. The zero-order valence-electron chi connectivity index (χ0n) is 13.3. The number of aromatic nitrogens is 3. The highest BCUT2D eigenvalue weighted by Gasteiger charge is 2.13. The van der Waals surface area contributed by atoms with Crippen LogP contribution < -0.4 is 0 Å². The summed E-state index contributed by atoms with van der Waals surface area (Å²) in [6, 6.07) is 9.36. The van der Waals surface area contributed by atoms with Crippen molar-refractivity contribution < 1.29 is 9.53 Å². The molecule has 0 bridgehead atoms. The highest BCUT2D eigenvalue weighted by atomic mass is 35.5. The molecule has 2 aromatic heterocycles. The molecule has 0 saturated heterocycles. The lowest BCUT2D eigenvalue weighted by atomic mass is 10.2. The highest BCUT2D eigenvalue weighted by Crippen LogP contribution is 2.26. The number of esters is 1. The Morgan fingerprint density at radius 2 is 2.17 bits per heavy atom. The van der Waals surface area contributed by atoms with E-state index in [4.69, 9.17) is 16.3 Å². The fourth-order valence-electron chi connectivity index (χ4n) is 2.32. The molecule has 0 N–H and O–H groups in total. The van der Waals surface area contributed by atoms with Crippen molar-refractivity contribution in [3.05, 3.63) is 57.8 Å². The second kappa shape index (κ2) is 7.15. The van der Waals surface area contributed by atoms with Crippen LogP contribution in [-0.4, -0.2) is 27.3 Å². The van der Waals surface area contributed by atoms with E-state index in [1.54, 1.807) is 11.4 Å². The number of thiazole rings is 1. The van der Waals surface area contributed by atoms with E-state index in [2.05, 4.69) is 10.1 Å². The van der Waals surface area contributed by atoms with Crippen LogP contribution in [-0.2, 0) is 11.3 Å². The van der Waals surface area contributed by atoms with Gasteiger partial charge in [-0.2, -0.15) is 5.10 Å². The maximum atomic E-state index is 12.1. The van der Waals surface area contributed by atoms with Crippen molar-refractivity contribution in [1.29, 1.82) is 0 Å². The van der Waals surface area contributed by atoms with Gasteiger partial charge in [0.2, 0.25) is 0 Å². The maximum Gasteiger partial charge on any atom is 0.357 e. The molecular formula is C17H16ClN3O2S. The second-order valence-corrected chi connectivity index (χ2v) is 6.63. The predicted molar refractivity (Wildman–Crippen MR) is 94.5 cm³/mol. The van der Waals surface area contributed by atoms with Gasteiger partial charge in [0.05, 0.1) is 12.2 Å². The van der Waals surface area contributed by atoms with Crippen molar-refractivity contribution in [2.24, 2.45) is 0 Å². The number of halogens is 1. The summed E-state index contributed by atoms with van der Waals surface area (Å²) in [5, 5.41) is 7.40. The Kier molecular flexibility index (Phi) is 4.97. The molecule has 0 fully saturated rings. The molecule has 0 radical (unpaired) electrons. The molecule has 2 heterocycles. The Bertz CT molecular complexity index is 872. The molecule has 3 rings (SSSR count). The third-order valence-corrected chi connectivity index (χ3v) is 4.55. The molecule has 1 aromatic carbocycles. The first-order valence-corrected chi connectivity index (χ1v) is 8.68. The minimum Gasteiger partial charge on any atom is -0.459 e. The van der Waals surface area contributed by atoms with Gasteiger partial charge in [0, 0.05) is 21.7 Å². The standard InChI is InChI=1S/C17H16ClN3O2S/c1-11-8-12(2)21(20-11)6-7-23-17(22)15-10-24-16(19-15)13-4-3-5-14(18)9-13/h3-5,8-10H,6-7H2,1-2H3. The van der Waals surface area contributed by atoms with E-state index in [0.717, 1.165) is 22.0 Å². The summed E-state index contributed by atoms with van der Waals surface area (Å²) in [6.07, 6.45) is 0. The van der Waals surface area contributed by atoms with Crippen molar-refractivity contribution >= 4 is 28.9 Å². The van der Waals surface area contributed by atoms with Crippen LogP contribution in [0, 0.1) is 13.8 Å². The average Bonchev–Trinajstić information content (AvgIpc) is 3.14. The monoisotopic (exact) mass is 361 g/mol. The van der Waals surface area contributed by atoms with Crippen LogP contribution in [0.1, 0.15) is 21.9 Å². The number of hydrogen-bond donors (Lipinski definition) is 0. The van der Waals surface area contributed by atoms with E-state index in [0.29, 0.717) is 17.3 Å². The molecule has 7 heteroatoms. The highest BCUT2D eigenvalue weighted by molar-refractivity contribution is 7.13. The van der Waals surface area contributed by atoms with Gasteiger partial charge >= 0.3 is 5.97 Å². The first-order valence-electron chi connectivity index (χ1n) is 7.42. The summed E-state index contributed by atoms with van der Waals surface area (Å²) in [5.41, 5.74) is 3.18. The van der Waals surface area contributed by atoms with E-state index in [9.17, 15) is 4.79 Å². The number of carbonyl (C=O) groups is 1. The molecule has 0 amide bonds. The number of hydrogen-bond acceptors (Lipinski definition) is 5. The Morgan fingerprint density at radius 3 is 2.88 bits per heavy atom. The molecule has 0 aliphatic rings. The van der Waals surface area contributed by atoms with E-state index >= 15 is 0 Å². The lowest BCUT2D eigenvalue weighted by Crippen LogP contribution is -2.13. The van der Waals surface area contributed by atoms with E-state index in [1.807, 2.05) is 42.8 Å². The number of carbonyl (C=O) groups excluding carboxylic acids is 1. The van der Waals surface area contributed by atoms with Crippen LogP contribution in [0.15, 0.2) is 35.7 Å². The first kappa shape index (κ1) is 16.7. The molecule has 5 nitrogen and oxygen atoms in total. The third kappa shape index (κ3) is 3.83. The minimum atomic E-state index is -0.430. The SMILES string of the molecule is Cc1cc(C)n(CCOC(=O)c2csc(-c3cccc(Cl)c3)n2)n1. The molecule has 124 valence electrons. The summed E-state index contributed by atoms with van der Waals surface area (Å²) in [4.78, 5) is 16.4. The molecule has 3 aromatic rings. The lowest BCUT2D eigenvalue weighted by molar-refractivity contribution is 0.0481. The quantitative estimate of drug-likeness (QED) is 0.641. The normalized spacial score (nSPS) is 10.8. The van der Waals surface area contributed by atoms with Gasteiger partial charge in [0.15, 0.2) is 5.69 Å². The smallest absolute Gasteiger partial charge is 0.357 e. The van der Waals surface area contributed by atoms with Crippen LogP contribution in [0.25, 0.3) is 10.6 Å². The van der Waals surface area contributed by atoms with Crippen molar-refractivity contribution in [3.8, 4) is 10.6 Å². The van der Waals surface area contributed by atoms with Crippen molar-refractivity contribution in [2.45, 2.75) is 20.4 Å². The Hall–Kier alpha value is -2.18. The Balaban J connectivity index is 1.61. The van der Waals surface area contributed by atoms with Gasteiger partial charge < -0.3 is 4.74 Å². The largest absolute Gasteiger partial charge is 0.459 e. The number of nitrogens with zero attached hydrogens (tertiary/aromatic N) is 3. The zero-order valence-corrected chi connectivity index (χ0v) is 14.9. The molecular weight excluding hydrogens is 346 g/mol. The van der Waals surface area contributed by atoms with Crippen molar-refractivity contribution in [1.82, 2.24) is 14.8 Å². The zero-order chi connectivity index (χ0) is 17.1. The summed E-state index contributed by atoms with van der Waals surface area (Å²) in [7, 11) is 0. The van der Waals surface area contributed by atoms with E-state index < -0.39 is 5.97 Å². The summed E-state index contributed by atoms with van der Waals surface area (Å²) < 4.78 is 7.11. The number of benzene rings is 1. The van der Waals surface area contributed by atoms with Gasteiger partial charge in [-0.3, -0.25) is 4.68 Å². The number of aryl methyl sites for hydroxylation is 2. The summed E-state index contributed by atoms with van der Waals surface area (Å²) in [5.74, 6) is -0.430. The first-order chi connectivity index (χ1) is 11.5. The van der Waals surface area contributed by atoms with Gasteiger partial charge in [-0.15, -0.1) is 11.3 Å². The Labute approximate surface area is 148 Å². The minimum absolute atomic E-state index is 0.255. The van der Waals surface area contributed by atoms with E-state index in [1.165, 1.54) is 11.3 Å². The summed E-state index contributed by atoms with van der Waals surface area (Å²) >= 11 is 7.37. The van der Waals surface area contributed by atoms with Crippen LogP contribution in [0.3, 0.4) is 0 Å². The van der Waals surface area contributed by atoms with Gasteiger partial charge in [-0.25, -0.2) is 9.78 Å². The number of rotatable bonds is 5. The van der Waals surface area contributed by atoms with Gasteiger partial charge in [0.25, 0.3) is 0 Å². The van der Waals surface area contributed by atoms with Gasteiger partial charge in [-0.1, -0.05) is 23.7 Å². The average molecular weight is 362 g/mol. The van der Waals surface area contributed by atoms with Gasteiger partial charge in [0.1, 0.15) is 11.6 Å². The van der Waals surface area contributed by atoms with Crippen LogP contribution >= 0.6 is 22.9 Å². The van der Waals surface area contributed by atoms with Crippen molar-refractivity contribution in [3.63, 3.8) is 0 Å². The van der Waals surface area contributed by atoms with Gasteiger partial charge in [-0.05, 0) is 32.0 Å². The molecule has 24 heavy (non-hydrogen) atoms. The molecule has 0 saturated carbocycles. The molecule has 0 aliphatic carbocycles. The Morgan fingerprint density at radius 1 is 1.33 bits per heavy atom. The third-order valence-electron chi connectivity index (χ3n) is 3.42. The van der Waals surface area contributed by atoms with E-state index in [-0.39, 0.29) is 6.61 Å². The fourth-order valence-corrected chi connectivity index (χ4v) is 3.30. The topological polar surface area (TPSA) is 57.0 Å². The van der Waals surface area contributed by atoms with Crippen LogP contribution in [0.2, 0.25) is 5.02 Å². The number of ether oxygens (including phenoxy) is 1.